The van der Waals surface area contributed by atoms with E-state index < -0.39 is 66.1 Å². The van der Waals surface area contributed by atoms with Gasteiger partial charge in [-0.3, -0.25) is 4.79 Å². The molecule has 14 atom stereocenters. The molecular weight excluding hydrogens is 703 g/mol. The van der Waals surface area contributed by atoms with Gasteiger partial charge in [-0.15, -0.1) is 11.3 Å². The fraction of sp³-hybridized carbons (Fsp3) is 0.868. The number of amides is 1. The van der Waals surface area contributed by atoms with Crippen molar-refractivity contribution in [2.24, 2.45) is 22.7 Å². The van der Waals surface area contributed by atoms with Crippen molar-refractivity contribution in [1.29, 1.82) is 0 Å². The molecule has 15 heteroatoms. The molecule has 1 aromatic rings. The number of aromatic nitrogens is 1. The van der Waals surface area contributed by atoms with Crippen molar-refractivity contribution in [2.75, 3.05) is 39.2 Å². The topological polar surface area (TPSA) is 157 Å². The Kier molecular flexibility index (Phi) is 13.4. The zero-order valence-corrected chi connectivity index (χ0v) is 34.6. The van der Waals surface area contributed by atoms with E-state index in [2.05, 4.69) is 22.0 Å². The van der Waals surface area contributed by atoms with E-state index >= 15 is 0 Å². The largest absolute Gasteiger partial charge is 0.454 e. The number of thiazole rings is 1. The average molecular weight is 768 g/mol. The third-order valence-electron chi connectivity index (χ3n) is 11.5. The minimum absolute atomic E-state index is 0.0256. The molecule has 5 heterocycles. The zero-order chi connectivity index (χ0) is 39.0. The third-order valence-corrected chi connectivity index (χ3v) is 12.5. The molecule has 5 rings (SSSR count). The number of hydrogen-bond acceptors (Lipinski definition) is 13. The van der Waals surface area contributed by atoms with Gasteiger partial charge in [0.25, 0.3) is 6.02 Å². The van der Waals surface area contributed by atoms with E-state index in [9.17, 15) is 15.0 Å². The quantitative estimate of drug-likeness (QED) is 0.388. The van der Waals surface area contributed by atoms with Crippen LogP contribution in [0, 0.1) is 17.8 Å². The fourth-order valence-corrected chi connectivity index (χ4v) is 9.43. The minimum Gasteiger partial charge on any atom is -0.454 e. The summed E-state index contributed by atoms with van der Waals surface area (Å²) in [6.45, 7) is 18.4. The Morgan fingerprint density at radius 2 is 1.83 bits per heavy atom. The highest BCUT2D eigenvalue weighted by Crippen LogP contribution is 2.41. The Hall–Kier alpha value is -2.11. The summed E-state index contributed by atoms with van der Waals surface area (Å²) in [7, 11) is 5.56. The third kappa shape index (κ3) is 9.48. The van der Waals surface area contributed by atoms with E-state index in [0.717, 1.165) is 17.2 Å². The molecule has 0 aromatic carbocycles. The second-order valence-electron chi connectivity index (χ2n) is 16.8. The minimum atomic E-state index is -1.42. The van der Waals surface area contributed by atoms with Gasteiger partial charge in [0.1, 0.15) is 6.10 Å². The summed E-state index contributed by atoms with van der Waals surface area (Å²) in [5.74, 6) is -1.43. The number of methoxy groups -OCH3 is 1. The Bertz CT molecular complexity index is 1410. The van der Waals surface area contributed by atoms with Crippen LogP contribution in [0.4, 0.5) is 5.13 Å². The van der Waals surface area contributed by atoms with Crippen LogP contribution in [0.15, 0.2) is 10.4 Å². The Morgan fingerprint density at radius 3 is 2.51 bits per heavy atom. The van der Waals surface area contributed by atoms with Gasteiger partial charge in [0.2, 0.25) is 5.91 Å². The fourth-order valence-electron chi connectivity index (χ4n) is 8.59. The number of rotatable bonds is 6. The van der Waals surface area contributed by atoms with Gasteiger partial charge < -0.3 is 53.8 Å². The molecule has 2 bridgehead atoms. The number of likely N-dealkylation sites (N-methyl/N-ethyl adjacent to an activating group) is 1. The summed E-state index contributed by atoms with van der Waals surface area (Å²) < 4.78 is 38.8. The number of aliphatic imine (C=N–C) groups is 1. The highest BCUT2D eigenvalue weighted by Gasteiger charge is 2.53. The predicted octanol–water partition coefficient (Wildman–Crippen LogP) is 3.57. The van der Waals surface area contributed by atoms with Crippen LogP contribution in [0.1, 0.15) is 87.3 Å². The Balaban J connectivity index is 1.53. The maximum absolute atomic E-state index is 14.0. The van der Waals surface area contributed by atoms with E-state index in [1.807, 2.05) is 61.0 Å². The molecule has 1 aromatic heterocycles. The van der Waals surface area contributed by atoms with Crippen LogP contribution in [-0.4, -0.2) is 139 Å². The molecule has 4 aliphatic rings. The highest BCUT2D eigenvalue weighted by molar-refractivity contribution is 7.13. The summed E-state index contributed by atoms with van der Waals surface area (Å²) in [4.78, 5) is 27.7. The molecule has 14 nitrogen and oxygen atoms in total. The van der Waals surface area contributed by atoms with E-state index in [4.69, 9.17) is 38.4 Å². The monoisotopic (exact) mass is 767 g/mol. The van der Waals surface area contributed by atoms with Gasteiger partial charge in [0.15, 0.2) is 23.8 Å². The number of ether oxygens (including phenoxy) is 6. The SMILES string of the molecule is CO[C@]1(C)C[C@H](O[C@@H]2C(C)C(=O)NCCc3csc(n3)N(C)C[C@H](C)C[C@@](C)(O)[C@H](O[C@@H]3OC(C)C[C@H]4[C@H]3OC(=NC(C)C)N4C)[C@H]2C)O[C@@H](C)[C@@H]1O. The van der Waals surface area contributed by atoms with Crippen molar-refractivity contribution < 1.29 is 43.4 Å². The predicted molar refractivity (Wildman–Crippen MR) is 203 cm³/mol. The van der Waals surface area contributed by atoms with E-state index in [1.165, 1.54) is 0 Å². The lowest BCUT2D eigenvalue weighted by Gasteiger charge is -2.48. The van der Waals surface area contributed by atoms with Crippen LogP contribution in [0.2, 0.25) is 0 Å². The molecule has 302 valence electrons. The summed E-state index contributed by atoms with van der Waals surface area (Å²) in [6, 6.07) is 0.529. The lowest BCUT2D eigenvalue weighted by atomic mass is 9.77. The van der Waals surface area contributed by atoms with Crippen molar-refractivity contribution in [3.63, 3.8) is 0 Å². The molecule has 3 N–H and O–H groups in total. The molecule has 53 heavy (non-hydrogen) atoms. The first-order valence-electron chi connectivity index (χ1n) is 19.3. The zero-order valence-electron chi connectivity index (χ0n) is 33.8. The number of carbonyl (C=O) groups excluding carboxylic acids is 1. The first-order chi connectivity index (χ1) is 24.8. The lowest BCUT2D eigenvalue weighted by Crippen LogP contribution is -2.60. The summed E-state index contributed by atoms with van der Waals surface area (Å²) in [5, 5.41) is 29.6. The van der Waals surface area contributed by atoms with Crippen LogP contribution in [0.25, 0.3) is 0 Å². The highest BCUT2D eigenvalue weighted by atomic mass is 32.1. The first kappa shape index (κ1) is 42.0. The first-order valence-corrected chi connectivity index (χ1v) is 20.2. The van der Waals surface area contributed by atoms with Crippen molar-refractivity contribution >= 4 is 28.4 Å². The summed E-state index contributed by atoms with van der Waals surface area (Å²) in [5.41, 5.74) is -1.44. The Labute approximate surface area is 319 Å². The number of anilines is 1. The van der Waals surface area contributed by atoms with Gasteiger partial charge >= 0.3 is 0 Å². The number of nitrogens with one attached hydrogen (secondary N) is 1. The van der Waals surface area contributed by atoms with Gasteiger partial charge in [-0.1, -0.05) is 20.8 Å². The summed E-state index contributed by atoms with van der Waals surface area (Å²) in [6.07, 6.45) is -3.53. The van der Waals surface area contributed by atoms with Crippen molar-refractivity contribution in [3.8, 4) is 0 Å². The van der Waals surface area contributed by atoms with E-state index in [-0.39, 0.29) is 36.4 Å². The molecule has 0 radical (unpaired) electrons. The molecule has 0 saturated carbocycles. The molecule has 3 saturated heterocycles. The van der Waals surface area contributed by atoms with Gasteiger partial charge in [0.05, 0.1) is 53.3 Å². The maximum atomic E-state index is 14.0. The number of fused-ring (bicyclic) bond motifs is 3. The van der Waals surface area contributed by atoms with Gasteiger partial charge in [-0.25, -0.2) is 9.98 Å². The molecule has 3 fully saturated rings. The summed E-state index contributed by atoms with van der Waals surface area (Å²) >= 11 is 1.57. The lowest BCUT2D eigenvalue weighted by molar-refractivity contribution is -0.313. The van der Waals surface area contributed by atoms with Gasteiger partial charge in [-0.05, 0) is 60.3 Å². The molecule has 0 aliphatic carbocycles. The number of amidine groups is 1. The molecule has 4 aliphatic heterocycles. The second kappa shape index (κ2) is 16.9. The Morgan fingerprint density at radius 1 is 1.11 bits per heavy atom. The number of hydrogen-bond donors (Lipinski definition) is 3. The number of aliphatic hydroxyl groups excluding tert-OH is 1. The van der Waals surface area contributed by atoms with Crippen LogP contribution >= 0.6 is 11.3 Å². The maximum Gasteiger partial charge on any atom is 0.288 e. The number of carbonyl (C=O) groups is 1. The van der Waals surface area contributed by atoms with E-state index in [0.29, 0.717) is 32.0 Å². The van der Waals surface area contributed by atoms with E-state index in [1.54, 1.807) is 32.3 Å². The molecule has 1 amide bonds. The van der Waals surface area contributed by atoms with Gasteiger partial charge in [-0.2, -0.15) is 0 Å². The van der Waals surface area contributed by atoms with Crippen molar-refractivity contribution in [2.45, 2.75) is 160 Å². The second-order valence-corrected chi connectivity index (χ2v) is 17.6. The van der Waals surface area contributed by atoms with Crippen molar-refractivity contribution in [3.05, 3.63) is 11.1 Å². The van der Waals surface area contributed by atoms with Crippen molar-refractivity contribution in [1.82, 2.24) is 15.2 Å². The van der Waals surface area contributed by atoms with Crippen LogP contribution in [-0.2, 0) is 39.6 Å². The molecule has 2 unspecified atom stereocenters. The normalized spacial score (nSPS) is 42.8. The number of nitrogens with zero attached hydrogens (tertiary/aromatic N) is 4. The van der Waals surface area contributed by atoms with Crippen LogP contribution in [0.5, 0.6) is 0 Å². The molecule has 0 spiro atoms. The standard InChI is InChI=1S/C38H65N5O9S/c1-20(2)40-35-43(11)27-15-22(4)48-34(30(27)51-35)52-32-23(5)29(50-28-17-38(9,47-12)31(44)25(7)49-28)24(6)33(45)39-14-13-26-19-53-36(41-26)42(10)18-21(3)16-37(32,8)46/h19-25,27-32,34,44,46H,13-18H2,1-12H3,(H,39,45)/t21-,22?,23+,24?,25+,27+,28+,29+,30-,31+,32-,34+,37-,38-/m1/s1. The molecular formula is C38H65N5O9S. The smallest absolute Gasteiger partial charge is 0.288 e. The van der Waals surface area contributed by atoms with Crippen LogP contribution in [0.3, 0.4) is 0 Å². The van der Waals surface area contributed by atoms with Crippen LogP contribution < -0.4 is 10.2 Å². The van der Waals surface area contributed by atoms with Gasteiger partial charge in [0, 0.05) is 64.5 Å². The number of aliphatic hydroxyl groups is 2. The average Bonchev–Trinajstić information content (AvgIpc) is 3.67.